The Morgan fingerprint density at radius 3 is 2.24 bits per heavy atom. The summed E-state index contributed by atoms with van der Waals surface area (Å²) in [5, 5.41) is 0. The zero-order chi connectivity index (χ0) is 26.2. The van der Waals surface area contributed by atoms with Crippen molar-refractivity contribution in [2.75, 3.05) is 0 Å². The third-order valence-corrected chi connectivity index (χ3v) is 7.55. The SMILES string of the molecule is CC=CCCC1CC=C(c2ccc(-c3ccc(-c4ccc(CCCCC)c(F)c4F)cc3)cc2F)CC1. The fourth-order valence-corrected chi connectivity index (χ4v) is 5.26. The normalized spacial score (nSPS) is 15.8. The Morgan fingerprint density at radius 2 is 1.57 bits per heavy atom. The van der Waals surface area contributed by atoms with Crippen molar-refractivity contribution in [2.24, 2.45) is 5.92 Å². The average Bonchev–Trinajstić information content (AvgIpc) is 2.92. The molecular weight excluding hydrogens is 465 g/mol. The Labute approximate surface area is 219 Å². The lowest BCUT2D eigenvalue weighted by Crippen LogP contribution is -2.06. The maximum atomic E-state index is 15.1. The predicted molar refractivity (Wildman–Crippen MR) is 150 cm³/mol. The van der Waals surface area contributed by atoms with Gasteiger partial charge in [0.15, 0.2) is 11.6 Å². The van der Waals surface area contributed by atoms with Gasteiger partial charge in [-0.2, -0.15) is 0 Å². The van der Waals surface area contributed by atoms with Crippen LogP contribution >= 0.6 is 0 Å². The third kappa shape index (κ3) is 6.63. The zero-order valence-corrected chi connectivity index (χ0v) is 22.0. The number of hydrogen-bond donors (Lipinski definition) is 0. The van der Waals surface area contributed by atoms with Crippen molar-refractivity contribution in [3.05, 3.63) is 101 Å². The number of halogens is 3. The molecule has 1 atom stereocenters. The summed E-state index contributed by atoms with van der Waals surface area (Å²) in [5.41, 5.74) is 4.67. The topological polar surface area (TPSA) is 0 Å². The summed E-state index contributed by atoms with van der Waals surface area (Å²) in [7, 11) is 0. The van der Waals surface area contributed by atoms with Crippen LogP contribution in [0, 0.1) is 23.4 Å². The summed E-state index contributed by atoms with van der Waals surface area (Å²) in [6.45, 7) is 4.14. The maximum Gasteiger partial charge on any atom is 0.166 e. The van der Waals surface area contributed by atoms with Crippen LogP contribution in [0.2, 0.25) is 0 Å². The smallest absolute Gasteiger partial charge is 0.166 e. The van der Waals surface area contributed by atoms with Gasteiger partial charge in [0, 0.05) is 11.1 Å². The van der Waals surface area contributed by atoms with Crippen molar-refractivity contribution in [1.82, 2.24) is 0 Å². The molecule has 0 saturated carbocycles. The molecule has 3 aromatic rings. The number of allylic oxidation sites excluding steroid dienone is 4. The second-order valence-electron chi connectivity index (χ2n) is 10.1. The van der Waals surface area contributed by atoms with Crippen LogP contribution in [0.25, 0.3) is 27.8 Å². The van der Waals surface area contributed by atoms with Crippen LogP contribution in [0.3, 0.4) is 0 Å². The highest BCUT2D eigenvalue weighted by atomic mass is 19.2. The molecule has 0 heterocycles. The van der Waals surface area contributed by atoms with E-state index in [9.17, 15) is 8.78 Å². The molecule has 3 aromatic carbocycles. The van der Waals surface area contributed by atoms with Crippen molar-refractivity contribution in [1.29, 1.82) is 0 Å². The average molecular weight is 503 g/mol. The lowest BCUT2D eigenvalue weighted by Gasteiger charge is -2.22. The summed E-state index contributed by atoms with van der Waals surface area (Å²) in [5.74, 6) is -1.10. The van der Waals surface area contributed by atoms with E-state index in [1.165, 1.54) is 6.42 Å². The predicted octanol–water partition coefficient (Wildman–Crippen LogP) is 10.7. The lowest BCUT2D eigenvalue weighted by molar-refractivity contribution is 0.453. The summed E-state index contributed by atoms with van der Waals surface area (Å²) < 4.78 is 44.6. The highest BCUT2D eigenvalue weighted by molar-refractivity contribution is 5.74. The number of benzene rings is 3. The molecule has 0 radical (unpaired) electrons. The van der Waals surface area contributed by atoms with Crippen LogP contribution in [0.15, 0.2) is 72.8 Å². The molecule has 1 unspecified atom stereocenters. The second-order valence-corrected chi connectivity index (χ2v) is 10.1. The van der Waals surface area contributed by atoms with Crippen molar-refractivity contribution in [3.8, 4) is 22.3 Å². The monoisotopic (exact) mass is 502 g/mol. The molecule has 0 spiro atoms. The third-order valence-electron chi connectivity index (χ3n) is 7.55. The Bertz CT molecular complexity index is 1250. The minimum atomic E-state index is -0.804. The van der Waals surface area contributed by atoms with Crippen LogP contribution in [0.4, 0.5) is 13.2 Å². The van der Waals surface area contributed by atoms with E-state index in [0.717, 1.165) is 61.6 Å². The van der Waals surface area contributed by atoms with Gasteiger partial charge in [-0.15, -0.1) is 0 Å². The molecule has 0 amide bonds. The van der Waals surface area contributed by atoms with E-state index < -0.39 is 11.6 Å². The molecule has 194 valence electrons. The van der Waals surface area contributed by atoms with E-state index in [4.69, 9.17) is 0 Å². The maximum absolute atomic E-state index is 15.1. The summed E-state index contributed by atoms with van der Waals surface area (Å²) in [6, 6.07) is 16.0. The first kappa shape index (κ1) is 27.0. The van der Waals surface area contributed by atoms with Crippen molar-refractivity contribution in [3.63, 3.8) is 0 Å². The largest absolute Gasteiger partial charge is 0.206 e. The van der Waals surface area contributed by atoms with E-state index in [1.54, 1.807) is 30.3 Å². The van der Waals surface area contributed by atoms with Crippen molar-refractivity contribution in [2.45, 2.75) is 71.6 Å². The van der Waals surface area contributed by atoms with Gasteiger partial charge in [-0.3, -0.25) is 0 Å². The van der Waals surface area contributed by atoms with Gasteiger partial charge in [0.1, 0.15) is 5.82 Å². The first-order valence-electron chi connectivity index (χ1n) is 13.7. The minimum Gasteiger partial charge on any atom is -0.206 e. The van der Waals surface area contributed by atoms with Gasteiger partial charge in [-0.1, -0.05) is 86.5 Å². The van der Waals surface area contributed by atoms with E-state index in [0.29, 0.717) is 29.0 Å². The summed E-state index contributed by atoms with van der Waals surface area (Å²) in [6.07, 6.45) is 15.3. The number of hydrogen-bond acceptors (Lipinski definition) is 0. The van der Waals surface area contributed by atoms with Crippen LogP contribution in [0.1, 0.15) is 76.3 Å². The van der Waals surface area contributed by atoms with Crippen molar-refractivity contribution < 1.29 is 13.2 Å². The number of aryl methyl sites for hydroxylation is 1. The van der Waals surface area contributed by atoms with Gasteiger partial charge >= 0.3 is 0 Å². The van der Waals surface area contributed by atoms with E-state index >= 15 is 4.39 Å². The fourth-order valence-electron chi connectivity index (χ4n) is 5.26. The molecule has 37 heavy (non-hydrogen) atoms. The van der Waals surface area contributed by atoms with Gasteiger partial charge in [0.05, 0.1) is 0 Å². The van der Waals surface area contributed by atoms with Gasteiger partial charge in [-0.05, 0) is 91.7 Å². The molecule has 0 aliphatic heterocycles. The van der Waals surface area contributed by atoms with Gasteiger partial charge in [0.25, 0.3) is 0 Å². The van der Waals surface area contributed by atoms with E-state index in [-0.39, 0.29) is 11.4 Å². The van der Waals surface area contributed by atoms with Gasteiger partial charge in [-0.25, -0.2) is 13.2 Å². The highest BCUT2D eigenvalue weighted by Gasteiger charge is 2.18. The number of rotatable bonds is 10. The second kappa shape index (κ2) is 12.9. The molecule has 3 heteroatoms. The Kier molecular flexibility index (Phi) is 9.44. The highest BCUT2D eigenvalue weighted by Crippen LogP contribution is 2.35. The molecule has 1 aliphatic carbocycles. The molecule has 1 aliphatic rings. The molecule has 0 saturated heterocycles. The Hall–Kier alpha value is -3.07. The molecule has 0 nitrogen and oxygen atoms in total. The van der Waals surface area contributed by atoms with Crippen LogP contribution in [-0.2, 0) is 6.42 Å². The molecule has 0 aromatic heterocycles. The minimum absolute atomic E-state index is 0.216. The van der Waals surface area contributed by atoms with Crippen molar-refractivity contribution >= 4 is 5.57 Å². The van der Waals surface area contributed by atoms with Gasteiger partial charge in [0.2, 0.25) is 0 Å². The number of unbranched alkanes of at least 4 members (excludes halogenated alkanes) is 2. The van der Waals surface area contributed by atoms with Crippen LogP contribution in [0.5, 0.6) is 0 Å². The molecule has 4 rings (SSSR count). The first-order chi connectivity index (χ1) is 18.0. The van der Waals surface area contributed by atoms with Crippen LogP contribution < -0.4 is 0 Å². The standard InChI is InChI=1S/C34H37F3/c1-3-5-7-9-24-11-13-26(14-12-24)30-21-20-29(23-32(30)35)25-15-17-27(18-16-25)31-22-19-28(10-8-6-4-2)33(36)34(31)37/h3,5,13,15-24H,4,6-12,14H2,1-2H3. The zero-order valence-electron chi connectivity index (χ0n) is 22.0. The summed E-state index contributed by atoms with van der Waals surface area (Å²) in [4.78, 5) is 0. The summed E-state index contributed by atoms with van der Waals surface area (Å²) >= 11 is 0. The van der Waals surface area contributed by atoms with Crippen LogP contribution in [-0.4, -0.2) is 0 Å². The quantitative estimate of drug-likeness (QED) is 0.191. The molecular formula is C34H37F3. The molecule has 0 fully saturated rings. The first-order valence-corrected chi connectivity index (χ1v) is 13.7. The molecule has 0 bridgehead atoms. The fraction of sp³-hybridized carbons (Fsp3) is 0.353. The Balaban J connectivity index is 1.46. The van der Waals surface area contributed by atoms with E-state index in [1.807, 2.05) is 31.2 Å². The lowest BCUT2D eigenvalue weighted by atomic mass is 9.84. The van der Waals surface area contributed by atoms with E-state index in [2.05, 4.69) is 25.2 Å². The Morgan fingerprint density at radius 1 is 0.838 bits per heavy atom. The van der Waals surface area contributed by atoms with Gasteiger partial charge < -0.3 is 0 Å². The molecule has 0 N–H and O–H groups in total.